The van der Waals surface area contributed by atoms with Crippen molar-refractivity contribution in [2.24, 2.45) is 0 Å². The van der Waals surface area contributed by atoms with E-state index in [-0.39, 0.29) is 59.8 Å². The monoisotopic (exact) mass is 458 g/mol. The van der Waals surface area contributed by atoms with Crippen molar-refractivity contribution < 1.29 is 70.0 Å². The minimum atomic E-state index is 0. The zero-order valence-electron chi connectivity index (χ0n) is 6.98. The van der Waals surface area contributed by atoms with Crippen LogP contribution in [-0.4, -0.2) is 23.4 Å². The summed E-state index contributed by atoms with van der Waals surface area (Å²) < 4.78 is 0. The molecule has 11 heavy (non-hydrogen) atoms. The summed E-state index contributed by atoms with van der Waals surface area (Å²) in [6.07, 6.45) is 1.75. The van der Waals surface area contributed by atoms with Crippen LogP contribution in [0.15, 0.2) is 0 Å². The molecule has 0 heterocycles. The molecule has 2 nitrogen and oxygen atoms in total. The Kier molecular flexibility index (Phi) is 109. The van der Waals surface area contributed by atoms with E-state index in [1.807, 2.05) is 13.8 Å². The van der Waals surface area contributed by atoms with Crippen molar-refractivity contribution in [3.05, 3.63) is 0 Å². The Balaban J connectivity index is -0.0000000171. The van der Waals surface area contributed by atoms with Crippen LogP contribution in [0.3, 0.4) is 0 Å². The minimum absolute atomic E-state index is 0. The summed E-state index contributed by atoms with van der Waals surface area (Å²) in [4.78, 5) is 0. The van der Waals surface area contributed by atoms with Gasteiger partial charge in [0.15, 0.2) is 0 Å². The fourth-order valence-electron chi connectivity index (χ4n) is 0. The largest absolute Gasteiger partial charge is 1.00 e. The molecule has 0 atom stereocenters. The molecule has 0 saturated heterocycles. The summed E-state index contributed by atoms with van der Waals surface area (Å²) in [5, 5.41) is 15.8. The maximum atomic E-state index is 7.88. The van der Waals surface area contributed by atoms with Gasteiger partial charge in [0.25, 0.3) is 0 Å². The van der Waals surface area contributed by atoms with Gasteiger partial charge in [0.05, 0.1) is 0 Å². The van der Waals surface area contributed by atoms with Gasteiger partial charge in [0.2, 0.25) is 0 Å². The summed E-state index contributed by atoms with van der Waals surface area (Å²) in [5.41, 5.74) is 0. The molecular weight excluding hydrogens is 442 g/mol. The van der Waals surface area contributed by atoms with E-state index in [0.29, 0.717) is 13.2 Å². The van der Waals surface area contributed by atoms with Gasteiger partial charge in [-0.2, -0.15) is 0 Å². The number of halogens is 2. The maximum absolute atomic E-state index is 7.88. The van der Waals surface area contributed by atoms with Gasteiger partial charge < -0.3 is 44.2 Å². The van der Waals surface area contributed by atoms with Crippen LogP contribution in [0.4, 0.5) is 0 Å². The van der Waals surface area contributed by atoms with E-state index in [4.69, 9.17) is 10.2 Å². The summed E-state index contributed by atoms with van der Waals surface area (Å²) in [7, 11) is 0. The van der Waals surface area contributed by atoms with Crippen LogP contribution in [0.25, 0.3) is 0 Å². The van der Waals surface area contributed by atoms with Crippen LogP contribution in [0.2, 0.25) is 0 Å². The zero-order valence-corrected chi connectivity index (χ0v) is 13.7. The van der Waals surface area contributed by atoms with E-state index in [0.717, 1.165) is 12.8 Å². The van der Waals surface area contributed by atoms with Crippen molar-refractivity contribution in [1.82, 2.24) is 0 Å². The Labute approximate surface area is 109 Å². The molecule has 0 spiro atoms. The van der Waals surface area contributed by atoms with Crippen LogP contribution in [0.5, 0.6) is 0 Å². The van der Waals surface area contributed by atoms with Gasteiger partial charge in [-0.3, -0.25) is 0 Å². The molecular formula is C6H16Br2HfO2-2. The predicted octanol–water partition coefficient (Wildman–Crippen LogP) is -5.22. The Morgan fingerprint density at radius 3 is 0.909 bits per heavy atom. The molecule has 2 N–H and O–H groups in total. The standard InChI is InChI=1S/2C3H8O.2BrH.Hf/c2*1-2-3-4;;;/h2*4H,2-3H2,1H3;2*1H;/p-2. The van der Waals surface area contributed by atoms with Gasteiger partial charge in [-0.05, 0) is 12.8 Å². The molecule has 0 amide bonds. The third-order valence-corrected chi connectivity index (χ3v) is 0.447. The molecule has 0 aromatic heterocycles. The average molecular weight is 458 g/mol. The number of aliphatic hydroxyl groups excluding tert-OH is 2. The first-order valence-corrected chi connectivity index (χ1v) is 3.05. The normalized spacial score (nSPS) is 5.45. The molecule has 0 aromatic carbocycles. The Bertz CT molecular complexity index is 26.5. The third-order valence-electron chi connectivity index (χ3n) is 0.447. The van der Waals surface area contributed by atoms with Crippen molar-refractivity contribution in [1.29, 1.82) is 0 Å². The summed E-state index contributed by atoms with van der Waals surface area (Å²) in [6, 6.07) is 0. The maximum Gasteiger partial charge on any atom is 0.0428 e. The topological polar surface area (TPSA) is 40.5 Å². The smallest absolute Gasteiger partial charge is 0.0428 e. The van der Waals surface area contributed by atoms with Crippen LogP contribution in [0.1, 0.15) is 26.7 Å². The second-order valence-electron chi connectivity index (χ2n) is 1.45. The van der Waals surface area contributed by atoms with Gasteiger partial charge in [-0.15, -0.1) is 0 Å². The third kappa shape index (κ3) is 79.4. The Hall–Kier alpha value is 1.75. The molecule has 0 aliphatic heterocycles. The van der Waals surface area contributed by atoms with Crippen molar-refractivity contribution in [3.8, 4) is 0 Å². The molecule has 0 aliphatic rings. The van der Waals surface area contributed by atoms with Gasteiger partial charge >= 0.3 is 0 Å². The summed E-state index contributed by atoms with van der Waals surface area (Å²) in [6.45, 7) is 4.50. The van der Waals surface area contributed by atoms with E-state index in [1.165, 1.54) is 0 Å². The molecule has 5 heteroatoms. The quantitative estimate of drug-likeness (QED) is 0.407. The van der Waals surface area contributed by atoms with Crippen LogP contribution in [-0.2, 0) is 25.8 Å². The SMILES string of the molecule is CCCO.CCCO.[Br-].[Br-].[Hf]. The van der Waals surface area contributed by atoms with Gasteiger partial charge in [-0.25, -0.2) is 0 Å². The Morgan fingerprint density at radius 1 is 0.818 bits per heavy atom. The van der Waals surface area contributed by atoms with E-state index in [9.17, 15) is 0 Å². The summed E-state index contributed by atoms with van der Waals surface area (Å²) in [5.74, 6) is 0. The molecule has 0 unspecified atom stereocenters. The molecule has 0 rings (SSSR count). The van der Waals surface area contributed by atoms with Gasteiger partial charge in [-0.1, -0.05) is 13.8 Å². The van der Waals surface area contributed by atoms with E-state index >= 15 is 0 Å². The van der Waals surface area contributed by atoms with E-state index < -0.39 is 0 Å². The second-order valence-corrected chi connectivity index (χ2v) is 1.45. The average Bonchev–Trinajstić information content (AvgIpc) is 1.88. The van der Waals surface area contributed by atoms with Crippen molar-refractivity contribution in [2.75, 3.05) is 13.2 Å². The molecule has 72 valence electrons. The van der Waals surface area contributed by atoms with Crippen LogP contribution in [0, 0.1) is 0 Å². The van der Waals surface area contributed by atoms with E-state index in [2.05, 4.69) is 0 Å². The van der Waals surface area contributed by atoms with Crippen molar-refractivity contribution in [2.45, 2.75) is 26.7 Å². The van der Waals surface area contributed by atoms with Crippen molar-refractivity contribution >= 4 is 0 Å². The minimum Gasteiger partial charge on any atom is -1.00 e. The molecule has 0 aliphatic carbocycles. The molecule has 0 bridgehead atoms. The zero-order chi connectivity index (χ0) is 6.83. The molecule has 0 radical (unpaired) electrons. The van der Waals surface area contributed by atoms with Gasteiger partial charge in [0, 0.05) is 39.1 Å². The number of hydrogen-bond donors (Lipinski definition) is 2. The first-order chi connectivity index (χ1) is 3.83. The van der Waals surface area contributed by atoms with Crippen LogP contribution >= 0.6 is 0 Å². The molecule has 0 saturated carbocycles. The fraction of sp³-hybridized carbons (Fsp3) is 1.00. The first-order valence-electron chi connectivity index (χ1n) is 3.05. The molecule has 0 aromatic rings. The van der Waals surface area contributed by atoms with Gasteiger partial charge in [0.1, 0.15) is 0 Å². The number of rotatable bonds is 2. The number of aliphatic hydroxyl groups is 2. The fourth-order valence-corrected chi connectivity index (χ4v) is 0. The van der Waals surface area contributed by atoms with E-state index in [1.54, 1.807) is 0 Å². The summed E-state index contributed by atoms with van der Waals surface area (Å²) >= 11 is 0. The van der Waals surface area contributed by atoms with Crippen molar-refractivity contribution in [3.63, 3.8) is 0 Å². The number of hydrogen-bond acceptors (Lipinski definition) is 2. The first kappa shape index (κ1) is 29.3. The second kappa shape index (κ2) is 41.1. The van der Waals surface area contributed by atoms with Crippen LogP contribution < -0.4 is 34.0 Å². The Morgan fingerprint density at radius 2 is 0.909 bits per heavy atom. The predicted molar refractivity (Wildman–Crippen MR) is 34.8 cm³/mol. The molecule has 0 fully saturated rings.